The first-order valence-electron chi connectivity index (χ1n) is 7.49. The third kappa shape index (κ3) is 3.47. The number of nitrogens with zero attached hydrogens (tertiary/aromatic N) is 1. The van der Waals surface area contributed by atoms with E-state index in [9.17, 15) is 4.79 Å². The van der Waals surface area contributed by atoms with Gasteiger partial charge in [-0.15, -0.1) is 0 Å². The fourth-order valence-corrected chi connectivity index (χ4v) is 2.79. The maximum Gasteiger partial charge on any atom is 0.227 e. The fraction of sp³-hybridized carbons (Fsp3) is 0.933. The molecule has 3 nitrogen and oxygen atoms in total. The second kappa shape index (κ2) is 5.60. The van der Waals surface area contributed by atoms with Crippen molar-refractivity contribution >= 4 is 5.91 Å². The van der Waals surface area contributed by atoms with Crippen molar-refractivity contribution in [2.75, 3.05) is 19.6 Å². The molecule has 18 heavy (non-hydrogen) atoms. The van der Waals surface area contributed by atoms with Gasteiger partial charge in [0, 0.05) is 24.5 Å². The molecule has 1 saturated heterocycles. The van der Waals surface area contributed by atoms with Gasteiger partial charge in [0.2, 0.25) is 5.91 Å². The highest BCUT2D eigenvalue weighted by molar-refractivity contribution is 5.81. The average Bonchev–Trinajstić information content (AvgIpc) is 2.26. The highest BCUT2D eigenvalue weighted by Gasteiger charge is 2.30. The Balaban J connectivity index is 1.69. The first-order chi connectivity index (χ1) is 8.47. The van der Waals surface area contributed by atoms with Gasteiger partial charge in [-0.25, -0.2) is 0 Å². The number of carbonyl (C=O) groups is 1. The Labute approximate surface area is 111 Å². The second-order valence-electron chi connectivity index (χ2n) is 7.02. The van der Waals surface area contributed by atoms with E-state index in [0.29, 0.717) is 11.9 Å². The van der Waals surface area contributed by atoms with Crippen LogP contribution in [0.1, 0.15) is 52.9 Å². The summed E-state index contributed by atoms with van der Waals surface area (Å²) in [5.41, 5.74) is -0.230. The lowest BCUT2D eigenvalue weighted by Gasteiger charge is -2.37. The van der Waals surface area contributed by atoms with Crippen LogP contribution in [-0.2, 0) is 4.79 Å². The summed E-state index contributed by atoms with van der Waals surface area (Å²) < 4.78 is 0. The summed E-state index contributed by atoms with van der Waals surface area (Å²) in [6.45, 7) is 9.08. The molecule has 0 bridgehead atoms. The summed E-state index contributed by atoms with van der Waals surface area (Å²) in [6.07, 6.45) is 6.48. The van der Waals surface area contributed by atoms with E-state index in [-0.39, 0.29) is 5.41 Å². The summed E-state index contributed by atoms with van der Waals surface area (Å²) in [5, 5.41) is 3.68. The van der Waals surface area contributed by atoms with Gasteiger partial charge in [0.1, 0.15) is 0 Å². The molecular formula is C15H28N2O. The predicted molar refractivity (Wildman–Crippen MR) is 74.4 cm³/mol. The molecule has 0 spiro atoms. The van der Waals surface area contributed by atoms with Crippen LogP contribution in [0.3, 0.4) is 0 Å². The van der Waals surface area contributed by atoms with Crippen molar-refractivity contribution in [3.8, 4) is 0 Å². The molecule has 0 aromatic heterocycles. The third-order valence-electron chi connectivity index (χ3n) is 4.34. The molecular weight excluding hydrogens is 224 g/mol. The topological polar surface area (TPSA) is 32.3 Å². The van der Waals surface area contributed by atoms with Gasteiger partial charge in [0.05, 0.1) is 0 Å². The molecule has 0 aromatic carbocycles. The monoisotopic (exact) mass is 252 g/mol. The van der Waals surface area contributed by atoms with Crippen LogP contribution in [0.4, 0.5) is 0 Å². The number of carbonyl (C=O) groups excluding carboxylic acids is 1. The highest BCUT2D eigenvalue weighted by atomic mass is 16.2. The van der Waals surface area contributed by atoms with Crippen molar-refractivity contribution in [1.29, 1.82) is 0 Å². The Hall–Kier alpha value is -0.570. The lowest BCUT2D eigenvalue weighted by atomic mass is 9.85. The summed E-state index contributed by atoms with van der Waals surface area (Å²) in [5.74, 6) is 1.24. The Morgan fingerprint density at radius 2 is 1.78 bits per heavy atom. The van der Waals surface area contributed by atoms with Crippen molar-refractivity contribution in [2.45, 2.75) is 58.9 Å². The quantitative estimate of drug-likeness (QED) is 0.836. The van der Waals surface area contributed by atoms with Crippen molar-refractivity contribution < 1.29 is 4.79 Å². The number of hydrogen-bond donors (Lipinski definition) is 1. The molecule has 0 radical (unpaired) electrons. The zero-order valence-electron chi connectivity index (χ0n) is 12.2. The van der Waals surface area contributed by atoms with E-state index in [1.165, 1.54) is 25.8 Å². The van der Waals surface area contributed by atoms with E-state index in [0.717, 1.165) is 31.8 Å². The number of likely N-dealkylation sites (tertiary alicyclic amines) is 1. The van der Waals surface area contributed by atoms with Gasteiger partial charge in [-0.3, -0.25) is 4.79 Å². The zero-order valence-corrected chi connectivity index (χ0v) is 12.2. The van der Waals surface area contributed by atoms with Crippen LogP contribution in [0, 0.1) is 11.3 Å². The van der Waals surface area contributed by atoms with Gasteiger partial charge in [-0.2, -0.15) is 0 Å². The van der Waals surface area contributed by atoms with E-state index < -0.39 is 0 Å². The average molecular weight is 252 g/mol. The molecule has 2 aliphatic rings. The lowest BCUT2D eigenvalue weighted by molar-refractivity contribution is -0.140. The molecule has 2 fully saturated rings. The van der Waals surface area contributed by atoms with Gasteiger partial charge in [-0.1, -0.05) is 27.2 Å². The zero-order chi connectivity index (χ0) is 13.2. The number of hydrogen-bond acceptors (Lipinski definition) is 2. The molecule has 104 valence electrons. The van der Waals surface area contributed by atoms with E-state index >= 15 is 0 Å². The van der Waals surface area contributed by atoms with Gasteiger partial charge < -0.3 is 10.2 Å². The van der Waals surface area contributed by atoms with Gasteiger partial charge in [0.15, 0.2) is 0 Å². The van der Waals surface area contributed by atoms with Crippen molar-refractivity contribution in [3.05, 3.63) is 0 Å². The molecule has 3 heteroatoms. The Morgan fingerprint density at radius 3 is 2.22 bits per heavy atom. The standard InChI is InChI=1S/C15H28N2O/c1-15(2,3)14(18)17-9-7-13(8-10-17)16-11-12-5-4-6-12/h12-13,16H,4-11H2,1-3H3. The molecule has 0 atom stereocenters. The summed E-state index contributed by atoms with van der Waals surface area (Å²) in [7, 11) is 0. The molecule has 1 heterocycles. The Morgan fingerprint density at radius 1 is 1.17 bits per heavy atom. The fourth-order valence-electron chi connectivity index (χ4n) is 2.79. The maximum atomic E-state index is 12.2. The number of piperidine rings is 1. The van der Waals surface area contributed by atoms with Crippen LogP contribution in [0.25, 0.3) is 0 Å². The first kappa shape index (κ1) is 13.9. The van der Waals surface area contributed by atoms with Gasteiger partial charge in [-0.05, 0) is 38.1 Å². The van der Waals surface area contributed by atoms with Crippen LogP contribution < -0.4 is 5.32 Å². The SMILES string of the molecule is CC(C)(C)C(=O)N1CCC(NCC2CCC2)CC1. The van der Waals surface area contributed by atoms with Gasteiger partial charge >= 0.3 is 0 Å². The summed E-state index contributed by atoms with van der Waals surface area (Å²) in [4.78, 5) is 14.2. The number of rotatable bonds is 3. The van der Waals surface area contributed by atoms with Crippen LogP contribution in [0.15, 0.2) is 0 Å². The molecule has 2 rings (SSSR count). The van der Waals surface area contributed by atoms with E-state index in [4.69, 9.17) is 0 Å². The third-order valence-corrected chi connectivity index (χ3v) is 4.34. The van der Waals surface area contributed by atoms with E-state index in [1.807, 2.05) is 25.7 Å². The molecule has 0 aromatic rings. The second-order valence-corrected chi connectivity index (χ2v) is 7.02. The molecule has 1 aliphatic heterocycles. The number of nitrogens with one attached hydrogen (secondary N) is 1. The minimum absolute atomic E-state index is 0.230. The normalized spacial score (nSPS) is 22.9. The van der Waals surface area contributed by atoms with Gasteiger partial charge in [0.25, 0.3) is 0 Å². The van der Waals surface area contributed by atoms with Crippen LogP contribution >= 0.6 is 0 Å². The molecule has 1 N–H and O–H groups in total. The molecule has 1 aliphatic carbocycles. The maximum absolute atomic E-state index is 12.2. The Bertz CT molecular complexity index is 283. The van der Waals surface area contributed by atoms with Crippen molar-refractivity contribution in [2.24, 2.45) is 11.3 Å². The summed E-state index contributed by atoms with van der Waals surface area (Å²) >= 11 is 0. The smallest absolute Gasteiger partial charge is 0.227 e. The molecule has 0 unspecified atom stereocenters. The highest BCUT2D eigenvalue weighted by Crippen LogP contribution is 2.26. The van der Waals surface area contributed by atoms with Crippen LogP contribution in [0.2, 0.25) is 0 Å². The Kier molecular flexibility index (Phi) is 4.31. The van der Waals surface area contributed by atoms with Crippen molar-refractivity contribution in [1.82, 2.24) is 10.2 Å². The lowest BCUT2D eigenvalue weighted by Crippen LogP contribution is -2.49. The molecule has 1 amide bonds. The van der Waals surface area contributed by atoms with Crippen molar-refractivity contribution in [3.63, 3.8) is 0 Å². The van der Waals surface area contributed by atoms with Crippen LogP contribution in [0.5, 0.6) is 0 Å². The minimum atomic E-state index is -0.230. The van der Waals surface area contributed by atoms with E-state index in [2.05, 4.69) is 5.32 Å². The molecule has 1 saturated carbocycles. The predicted octanol–water partition coefficient (Wildman–Crippen LogP) is 2.41. The largest absolute Gasteiger partial charge is 0.342 e. The van der Waals surface area contributed by atoms with E-state index in [1.54, 1.807) is 0 Å². The minimum Gasteiger partial charge on any atom is -0.342 e. The van der Waals surface area contributed by atoms with Crippen LogP contribution in [-0.4, -0.2) is 36.5 Å². The summed E-state index contributed by atoms with van der Waals surface area (Å²) in [6, 6.07) is 0.634. The first-order valence-corrected chi connectivity index (χ1v) is 7.49. The number of amides is 1.